The Kier molecular flexibility index (Phi) is 7.24. The second-order valence-corrected chi connectivity index (χ2v) is 4.69. The molecule has 21 heavy (non-hydrogen) atoms. The number of hydrogen-bond acceptors (Lipinski definition) is 4. The van der Waals surface area contributed by atoms with Crippen molar-refractivity contribution in [3.05, 3.63) is 12.4 Å². The molecule has 118 valence electrons. The lowest BCUT2D eigenvalue weighted by Crippen LogP contribution is -2.33. The Labute approximate surface area is 123 Å². The van der Waals surface area contributed by atoms with Gasteiger partial charge in [-0.05, 0) is 5.92 Å². The van der Waals surface area contributed by atoms with E-state index in [9.17, 15) is 9.59 Å². The van der Waals surface area contributed by atoms with Crippen molar-refractivity contribution < 1.29 is 19.4 Å². The predicted molar refractivity (Wildman–Crippen MR) is 77.2 cm³/mol. The van der Waals surface area contributed by atoms with Crippen LogP contribution in [0.15, 0.2) is 12.4 Å². The number of carbonyl (C=O) groups excluding carboxylic acids is 1. The number of rotatable bonds is 9. The first kappa shape index (κ1) is 17.0. The highest BCUT2D eigenvalue weighted by atomic mass is 16.5. The van der Waals surface area contributed by atoms with Gasteiger partial charge in [0.1, 0.15) is 0 Å². The molecule has 0 saturated carbocycles. The van der Waals surface area contributed by atoms with E-state index in [2.05, 4.69) is 15.7 Å². The molecule has 0 aromatic carbocycles. The molecule has 0 aliphatic carbocycles. The molecule has 0 saturated heterocycles. The van der Waals surface area contributed by atoms with Gasteiger partial charge in [-0.25, -0.2) is 4.79 Å². The zero-order valence-corrected chi connectivity index (χ0v) is 12.3. The van der Waals surface area contributed by atoms with Gasteiger partial charge in [0, 0.05) is 26.3 Å². The van der Waals surface area contributed by atoms with Crippen molar-refractivity contribution in [1.82, 2.24) is 15.1 Å². The number of aliphatic carboxylic acids is 1. The SMILES string of the molecule is CCC(CNC(=O)Nc1cnn(CCOC)c1)CC(=O)O. The maximum absolute atomic E-state index is 11.7. The van der Waals surface area contributed by atoms with E-state index in [0.717, 1.165) is 0 Å². The van der Waals surface area contributed by atoms with Crippen LogP contribution < -0.4 is 10.6 Å². The number of carboxylic acids is 1. The molecule has 1 unspecified atom stereocenters. The minimum absolute atomic E-state index is 0.0474. The average molecular weight is 298 g/mol. The summed E-state index contributed by atoms with van der Waals surface area (Å²) in [5.74, 6) is -0.929. The number of urea groups is 1. The summed E-state index contributed by atoms with van der Waals surface area (Å²) in [6, 6.07) is -0.370. The summed E-state index contributed by atoms with van der Waals surface area (Å²) >= 11 is 0. The van der Waals surface area contributed by atoms with Gasteiger partial charge in [-0.3, -0.25) is 9.48 Å². The molecular weight excluding hydrogens is 276 g/mol. The van der Waals surface area contributed by atoms with E-state index in [-0.39, 0.29) is 18.4 Å². The van der Waals surface area contributed by atoms with Crippen LogP contribution in [0.3, 0.4) is 0 Å². The molecule has 0 aliphatic heterocycles. The molecule has 3 N–H and O–H groups in total. The third-order valence-electron chi connectivity index (χ3n) is 3.01. The summed E-state index contributed by atoms with van der Waals surface area (Å²) < 4.78 is 6.60. The van der Waals surface area contributed by atoms with Gasteiger partial charge < -0.3 is 20.5 Å². The van der Waals surface area contributed by atoms with Gasteiger partial charge >= 0.3 is 12.0 Å². The number of anilines is 1. The van der Waals surface area contributed by atoms with Crippen LogP contribution in [-0.2, 0) is 16.1 Å². The van der Waals surface area contributed by atoms with E-state index in [1.807, 2.05) is 6.92 Å². The highest BCUT2D eigenvalue weighted by molar-refractivity contribution is 5.88. The fourth-order valence-electron chi connectivity index (χ4n) is 1.76. The van der Waals surface area contributed by atoms with Crippen LogP contribution in [0.2, 0.25) is 0 Å². The number of hydrogen-bond donors (Lipinski definition) is 3. The van der Waals surface area contributed by atoms with E-state index in [1.165, 1.54) is 0 Å². The lowest BCUT2D eigenvalue weighted by Gasteiger charge is -2.13. The van der Waals surface area contributed by atoms with Crippen LogP contribution in [0.4, 0.5) is 10.5 Å². The second-order valence-electron chi connectivity index (χ2n) is 4.69. The Balaban J connectivity index is 2.35. The Morgan fingerprint density at radius 1 is 1.52 bits per heavy atom. The summed E-state index contributed by atoms with van der Waals surface area (Å²) in [5.41, 5.74) is 0.579. The molecule has 1 atom stereocenters. The van der Waals surface area contributed by atoms with Crippen molar-refractivity contribution in [2.24, 2.45) is 5.92 Å². The molecule has 0 radical (unpaired) electrons. The maximum atomic E-state index is 11.7. The lowest BCUT2D eigenvalue weighted by molar-refractivity contribution is -0.138. The summed E-state index contributed by atoms with van der Waals surface area (Å²) in [6.45, 7) is 3.37. The molecule has 1 rings (SSSR count). The smallest absolute Gasteiger partial charge is 0.319 e. The number of nitrogens with one attached hydrogen (secondary N) is 2. The highest BCUT2D eigenvalue weighted by Crippen LogP contribution is 2.07. The van der Waals surface area contributed by atoms with Crippen molar-refractivity contribution in [3.63, 3.8) is 0 Å². The Bertz CT molecular complexity index is 461. The molecule has 0 aliphatic rings. The first-order valence-corrected chi connectivity index (χ1v) is 6.83. The molecular formula is C13H22N4O4. The first-order chi connectivity index (χ1) is 10.0. The molecule has 1 aromatic rings. The van der Waals surface area contributed by atoms with Gasteiger partial charge in [0.05, 0.1) is 25.0 Å². The number of nitrogens with zero attached hydrogens (tertiary/aromatic N) is 2. The van der Waals surface area contributed by atoms with Crippen LogP contribution >= 0.6 is 0 Å². The zero-order chi connectivity index (χ0) is 15.7. The third-order valence-corrected chi connectivity index (χ3v) is 3.01. The van der Waals surface area contributed by atoms with Crippen molar-refractivity contribution in [2.75, 3.05) is 25.6 Å². The fraction of sp³-hybridized carbons (Fsp3) is 0.615. The minimum atomic E-state index is -0.858. The van der Waals surface area contributed by atoms with Crippen LogP contribution in [0.1, 0.15) is 19.8 Å². The van der Waals surface area contributed by atoms with E-state index >= 15 is 0 Å². The number of methoxy groups -OCH3 is 1. The van der Waals surface area contributed by atoms with Crippen molar-refractivity contribution >= 4 is 17.7 Å². The monoisotopic (exact) mass is 298 g/mol. The largest absolute Gasteiger partial charge is 0.481 e. The number of carbonyl (C=O) groups is 2. The highest BCUT2D eigenvalue weighted by Gasteiger charge is 2.12. The molecule has 8 heteroatoms. The van der Waals surface area contributed by atoms with Gasteiger partial charge in [-0.1, -0.05) is 13.3 Å². The van der Waals surface area contributed by atoms with Gasteiger partial charge in [0.15, 0.2) is 0 Å². The van der Waals surface area contributed by atoms with Crippen LogP contribution in [-0.4, -0.2) is 47.1 Å². The Hall–Kier alpha value is -2.09. The van der Waals surface area contributed by atoms with Crippen molar-refractivity contribution in [2.45, 2.75) is 26.3 Å². The minimum Gasteiger partial charge on any atom is -0.481 e. The number of carboxylic acid groups (broad SMARTS) is 1. The van der Waals surface area contributed by atoms with Gasteiger partial charge in [-0.15, -0.1) is 0 Å². The van der Waals surface area contributed by atoms with E-state index < -0.39 is 5.97 Å². The van der Waals surface area contributed by atoms with E-state index in [4.69, 9.17) is 9.84 Å². The van der Waals surface area contributed by atoms with Crippen molar-refractivity contribution in [1.29, 1.82) is 0 Å². The van der Waals surface area contributed by atoms with Gasteiger partial charge in [0.25, 0.3) is 0 Å². The Morgan fingerprint density at radius 3 is 2.90 bits per heavy atom. The average Bonchev–Trinajstić information content (AvgIpc) is 2.88. The summed E-state index contributed by atoms with van der Waals surface area (Å²) in [4.78, 5) is 22.4. The predicted octanol–water partition coefficient (Wildman–Crippen LogP) is 1.15. The number of amides is 2. The van der Waals surface area contributed by atoms with Crippen LogP contribution in [0.5, 0.6) is 0 Å². The molecule has 0 bridgehead atoms. The van der Waals surface area contributed by atoms with E-state index in [0.29, 0.717) is 31.8 Å². The molecule has 0 fully saturated rings. The lowest BCUT2D eigenvalue weighted by atomic mass is 10.0. The third kappa shape index (κ3) is 6.75. The van der Waals surface area contributed by atoms with Crippen LogP contribution in [0.25, 0.3) is 0 Å². The van der Waals surface area contributed by atoms with E-state index in [1.54, 1.807) is 24.2 Å². The van der Waals surface area contributed by atoms with Gasteiger partial charge in [-0.2, -0.15) is 5.10 Å². The topological polar surface area (TPSA) is 105 Å². The quantitative estimate of drug-likeness (QED) is 0.634. The summed E-state index contributed by atoms with van der Waals surface area (Å²) in [6.07, 6.45) is 3.99. The molecule has 1 aromatic heterocycles. The van der Waals surface area contributed by atoms with Gasteiger partial charge in [0.2, 0.25) is 0 Å². The van der Waals surface area contributed by atoms with Crippen LogP contribution in [0, 0.1) is 5.92 Å². The summed E-state index contributed by atoms with van der Waals surface area (Å²) in [5, 5.41) is 18.1. The number of aromatic nitrogens is 2. The second kappa shape index (κ2) is 8.96. The number of ether oxygens (including phenoxy) is 1. The molecule has 8 nitrogen and oxygen atoms in total. The maximum Gasteiger partial charge on any atom is 0.319 e. The molecule has 0 spiro atoms. The molecule has 2 amide bonds. The standard InChI is InChI=1S/C13H22N4O4/c1-3-10(6-12(18)19)7-14-13(20)16-11-8-15-17(9-11)4-5-21-2/h8-10H,3-7H2,1-2H3,(H,18,19)(H2,14,16,20). The fourth-order valence-corrected chi connectivity index (χ4v) is 1.76. The Morgan fingerprint density at radius 2 is 2.29 bits per heavy atom. The normalized spacial score (nSPS) is 11.9. The van der Waals surface area contributed by atoms with Crippen molar-refractivity contribution in [3.8, 4) is 0 Å². The molecule has 1 heterocycles. The zero-order valence-electron chi connectivity index (χ0n) is 12.3. The first-order valence-electron chi connectivity index (χ1n) is 6.83. The summed E-state index contributed by atoms with van der Waals surface area (Å²) in [7, 11) is 1.61.